The molecule has 0 aromatic heterocycles. The lowest BCUT2D eigenvalue weighted by Crippen LogP contribution is -1.73. The van der Waals surface area contributed by atoms with Crippen LogP contribution in [0.5, 0.6) is 0 Å². The minimum absolute atomic E-state index is 0.604. The first kappa shape index (κ1) is 5.04. The summed E-state index contributed by atoms with van der Waals surface area (Å²) in [4.78, 5) is 9.88. The van der Waals surface area contributed by atoms with Crippen LogP contribution in [0.4, 0.5) is 0 Å². The Balaban J connectivity index is 2.99. The monoisotopic (exact) mass is 106 g/mol. The van der Waals surface area contributed by atoms with E-state index >= 15 is 0 Å². The molecule has 8 heavy (non-hydrogen) atoms. The third-order valence-electron chi connectivity index (χ3n) is 0.892. The zero-order valence-electron chi connectivity index (χ0n) is 4.29. The average Bonchev–Trinajstić information content (AvgIpc) is 1.90. The third-order valence-corrected chi connectivity index (χ3v) is 0.892. The molecular formula is C7H5O. The summed E-state index contributed by atoms with van der Waals surface area (Å²) in [5.74, 6) is 0. The number of carbonyl (C=O) groups excluding carboxylic acids is 1. The summed E-state index contributed by atoms with van der Waals surface area (Å²) in [5.41, 5.74) is 0.604. The quantitative estimate of drug-likeness (QED) is 0.491. The highest BCUT2D eigenvalue weighted by Crippen LogP contribution is 1.91. The maximum absolute atomic E-state index is 9.88. The Hall–Kier alpha value is -1.11. The predicted octanol–water partition coefficient (Wildman–Crippen LogP) is 1.14. The van der Waals surface area contributed by atoms with Gasteiger partial charge in [0, 0.05) is 5.56 Å². The second-order valence-corrected chi connectivity index (χ2v) is 1.47. The molecule has 1 rings (SSSR count). The van der Waals surface area contributed by atoms with Crippen LogP contribution in [0, 0.1) is 0 Å². The van der Waals surface area contributed by atoms with Crippen molar-refractivity contribution in [3.63, 3.8) is 0 Å². The summed E-state index contributed by atoms with van der Waals surface area (Å²) in [6.07, 6.45) is 1.78. The third kappa shape index (κ3) is 0.936. The van der Waals surface area contributed by atoms with Gasteiger partial charge in [-0.25, -0.2) is 0 Å². The van der Waals surface area contributed by atoms with E-state index in [-0.39, 0.29) is 0 Å². The summed E-state index contributed by atoms with van der Waals surface area (Å²) in [6, 6.07) is 8.90. The summed E-state index contributed by atoms with van der Waals surface area (Å²) < 4.78 is 0. The van der Waals surface area contributed by atoms with Crippen LogP contribution in [0.3, 0.4) is 0 Å². The van der Waals surface area contributed by atoms with Crippen molar-refractivity contribution in [1.82, 2.24) is 0 Å². The molecule has 0 amide bonds. The first-order valence-corrected chi connectivity index (χ1v) is 2.36. The van der Waals surface area contributed by atoms with E-state index in [2.05, 4.69) is 0 Å². The van der Waals surface area contributed by atoms with Crippen LogP contribution in [0.15, 0.2) is 30.3 Å². The fourth-order valence-corrected chi connectivity index (χ4v) is 0.506. The summed E-state index contributed by atoms with van der Waals surface area (Å²) >= 11 is 0. The van der Waals surface area contributed by atoms with Crippen LogP contribution in [-0.4, -0.2) is 6.29 Å². The Morgan fingerprint density at radius 2 is 1.75 bits per heavy atom. The maximum Gasteiger partial charge on any atom is 0.233 e. The molecule has 0 aliphatic heterocycles. The van der Waals surface area contributed by atoms with Gasteiger partial charge in [0.15, 0.2) is 0 Å². The molecule has 0 fully saturated rings. The van der Waals surface area contributed by atoms with E-state index in [0.29, 0.717) is 5.56 Å². The molecule has 0 aliphatic rings. The second-order valence-electron chi connectivity index (χ2n) is 1.47. The van der Waals surface area contributed by atoms with Gasteiger partial charge in [-0.2, -0.15) is 0 Å². The number of rotatable bonds is 1. The van der Waals surface area contributed by atoms with Gasteiger partial charge in [0.25, 0.3) is 0 Å². The van der Waals surface area contributed by atoms with Crippen molar-refractivity contribution in [2.24, 2.45) is 0 Å². The van der Waals surface area contributed by atoms with Gasteiger partial charge < -0.3 is 0 Å². The molecule has 0 saturated heterocycles. The molecule has 0 atom stereocenters. The van der Waals surface area contributed by atoms with Crippen LogP contribution in [-0.2, 0) is 4.79 Å². The summed E-state index contributed by atoms with van der Waals surface area (Å²) in [6.45, 7) is 0. The summed E-state index contributed by atoms with van der Waals surface area (Å²) in [7, 11) is 0. The largest absolute Gasteiger partial charge is 0.285 e. The fraction of sp³-hybridized carbons (Fsp3) is 0. The molecule has 0 bridgehead atoms. The molecule has 1 aromatic rings. The van der Waals surface area contributed by atoms with Crippen LogP contribution in [0.1, 0.15) is 5.56 Å². The van der Waals surface area contributed by atoms with Crippen LogP contribution in [0.25, 0.3) is 0 Å². The van der Waals surface area contributed by atoms with E-state index in [4.69, 9.17) is 0 Å². The molecule has 0 saturated carbocycles. The molecule has 0 unspecified atom stereocenters. The van der Waals surface area contributed by atoms with Crippen molar-refractivity contribution in [3.05, 3.63) is 35.9 Å². The van der Waals surface area contributed by atoms with Crippen LogP contribution in [0.2, 0.25) is 0 Å². The fourth-order valence-electron chi connectivity index (χ4n) is 0.506. The van der Waals surface area contributed by atoms with Gasteiger partial charge >= 0.3 is 0 Å². The van der Waals surface area contributed by atoms with Gasteiger partial charge in [0.1, 0.15) is 0 Å². The molecule has 1 radical (unpaired) electrons. The first-order valence-electron chi connectivity index (χ1n) is 2.36. The van der Waals surface area contributed by atoms with E-state index in [1.807, 2.05) is 6.07 Å². The Bertz CT molecular complexity index is 167. The van der Waals surface area contributed by atoms with Crippen molar-refractivity contribution in [1.29, 1.82) is 0 Å². The minimum atomic E-state index is 0.604. The molecule has 1 aromatic carbocycles. The molecule has 1 nitrogen and oxygen atoms in total. The van der Waals surface area contributed by atoms with Gasteiger partial charge in [0.2, 0.25) is 6.29 Å². The molecule has 0 aliphatic carbocycles. The van der Waals surface area contributed by atoms with E-state index in [1.54, 1.807) is 30.6 Å². The van der Waals surface area contributed by atoms with Crippen molar-refractivity contribution in [3.8, 4) is 0 Å². The standard InChI is InChI=1S/C7H5O/c8-6-7-4-2-1-3-5-7/h1-5H/i6+1. The van der Waals surface area contributed by atoms with Crippen molar-refractivity contribution in [2.45, 2.75) is 0 Å². The average molecular weight is 106 g/mol. The molecule has 39 valence electrons. The zero-order chi connectivity index (χ0) is 5.82. The molecule has 0 spiro atoms. The minimum Gasteiger partial charge on any atom is -0.285 e. The van der Waals surface area contributed by atoms with Crippen molar-refractivity contribution < 1.29 is 4.79 Å². The van der Waals surface area contributed by atoms with E-state index in [1.165, 1.54) is 0 Å². The van der Waals surface area contributed by atoms with Gasteiger partial charge in [-0.05, 0) is 0 Å². The second kappa shape index (κ2) is 2.26. The predicted molar refractivity (Wildman–Crippen MR) is 31.2 cm³/mol. The maximum atomic E-state index is 9.88. The van der Waals surface area contributed by atoms with E-state index in [9.17, 15) is 4.79 Å². The van der Waals surface area contributed by atoms with Crippen molar-refractivity contribution >= 4 is 6.29 Å². The van der Waals surface area contributed by atoms with Crippen LogP contribution >= 0.6 is 0 Å². The first-order chi connectivity index (χ1) is 3.93. The number of benzene rings is 1. The van der Waals surface area contributed by atoms with Gasteiger partial charge in [0.05, 0.1) is 0 Å². The van der Waals surface area contributed by atoms with Crippen LogP contribution < -0.4 is 0 Å². The Morgan fingerprint density at radius 1 is 1.12 bits per heavy atom. The number of hydrogen-bond acceptors (Lipinski definition) is 1. The lowest BCUT2D eigenvalue weighted by Gasteiger charge is -1.80. The highest BCUT2D eigenvalue weighted by molar-refractivity contribution is 5.74. The normalized spacial score (nSPS) is 8.50. The number of hydrogen-bond donors (Lipinski definition) is 0. The Kier molecular flexibility index (Phi) is 1.42. The van der Waals surface area contributed by atoms with E-state index in [0.717, 1.165) is 0 Å². The topological polar surface area (TPSA) is 17.1 Å². The molecule has 0 N–H and O–H groups in total. The van der Waals surface area contributed by atoms with Gasteiger partial charge in [-0.1, -0.05) is 30.3 Å². The summed E-state index contributed by atoms with van der Waals surface area (Å²) in [5, 5.41) is 0. The SMILES string of the molecule is O=[13C]c1ccccc1. The molecule has 0 heterocycles. The van der Waals surface area contributed by atoms with E-state index < -0.39 is 0 Å². The lowest BCUT2D eigenvalue weighted by molar-refractivity contribution is 0.563. The molecular weight excluding hydrogens is 101 g/mol. The highest BCUT2D eigenvalue weighted by atomic mass is 16.2. The Morgan fingerprint density at radius 3 is 2.12 bits per heavy atom. The van der Waals surface area contributed by atoms with Gasteiger partial charge in [-0.15, -0.1) is 0 Å². The zero-order valence-corrected chi connectivity index (χ0v) is 4.29. The smallest absolute Gasteiger partial charge is 0.233 e. The highest BCUT2D eigenvalue weighted by Gasteiger charge is 1.81. The molecule has 1 heteroatoms. The van der Waals surface area contributed by atoms with Crippen molar-refractivity contribution in [2.75, 3.05) is 0 Å². The Labute approximate surface area is 48.0 Å². The lowest BCUT2D eigenvalue weighted by atomic mass is 10.3. The van der Waals surface area contributed by atoms with Gasteiger partial charge in [-0.3, -0.25) is 4.79 Å².